The number of likely N-dealkylation sites (tertiary alicyclic amines) is 1. The van der Waals surface area contributed by atoms with Crippen molar-refractivity contribution in [3.63, 3.8) is 0 Å². The summed E-state index contributed by atoms with van der Waals surface area (Å²) in [5.41, 5.74) is 0.883. The Balaban J connectivity index is 1.36. The van der Waals surface area contributed by atoms with Crippen molar-refractivity contribution in [3.8, 4) is 6.07 Å². The Morgan fingerprint density at radius 3 is 2.37 bits per heavy atom. The minimum Gasteiger partial charge on any atom is -0.462 e. The number of carbonyl (C=O) groups excluding carboxylic acids is 1. The van der Waals surface area contributed by atoms with Crippen LogP contribution >= 0.6 is 0 Å². The molecule has 4 rings (SSSR count). The molecule has 2 fully saturated rings. The summed E-state index contributed by atoms with van der Waals surface area (Å²) in [6, 6.07) is 15.5. The summed E-state index contributed by atoms with van der Waals surface area (Å²) in [6.45, 7) is 7.64. The second kappa shape index (κ2) is 13.2. The predicted molar refractivity (Wildman–Crippen MR) is 150 cm³/mol. The third-order valence-corrected chi connectivity index (χ3v) is 8.50. The van der Waals surface area contributed by atoms with Gasteiger partial charge in [-0.25, -0.2) is 4.39 Å². The lowest BCUT2D eigenvalue weighted by molar-refractivity contribution is -0.147. The smallest absolute Gasteiger partial charge is 0.393 e. The molecule has 2 aromatic carbocycles. The first-order chi connectivity index (χ1) is 19.5. The number of hydrogen-bond donors (Lipinski definition) is 0. The number of ether oxygens (including phenoxy) is 1. The Bertz CT molecular complexity index is 1200. The van der Waals surface area contributed by atoms with Crippen molar-refractivity contribution in [1.29, 1.82) is 5.26 Å². The second-order valence-corrected chi connectivity index (χ2v) is 11.6. The van der Waals surface area contributed by atoms with Crippen LogP contribution in [0.1, 0.15) is 57.1 Å². The summed E-state index contributed by atoms with van der Waals surface area (Å²) in [5, 5.41) is 10.6. The number of anilines is 1. The van der Waals surface area contributed by atoms with E-state index in [0.29, 0.717) is 24.3 Å². The van der Waals surface area contributed by atoms with Crippen molar-refractivity contribution in [3.05, 3.63) is 65.5 Å². The van der Waals surface area contributed by atoms with Crippen LogP contribution in [-0.2, 0) is 21.4 Å². The summed E-state index contributed by atoms with van der Waals surface area (Å²) >= 11 is 0. The molecule has 0 saturated carbocycles. The first kappa shape index (κ1) is 30.8. The van der Waals surface area contributed by atoms with Crippen molar-refractivity contribution >= 4 is 11.7 Å². The molecular formula is C32H39F4N3O2. The van der Waals surface area contributed by atoms with Gasteiger partial charge in [0.15, 0.2) is 0 Å². The van der Waals surface area contributed by atoms with Gasteiger partial charge in [0.25, 0.3) is 0 Å². The molecule has 2 atom stereocenters. The molecule has 41 heavy (non-hydrogen) atoms. The topological polar surface area (TPSA) is 56.6 Å². The summed E-state index contributed by atoms with van der Waals surface area (Å²) in [7, 11) is 0. The van der Waals surface area contributed by atoms with Crippen molar-refractivity contribution in [2.24, 2.45) is 11.8 Å². The third kappa shape index (κ3) is 8.00. The number of alkyl halides is 3. The maximum Gasteiger partial charge on any atom is 0.393 e. The first-order valence-corrected chi connectivity index (χ1v) is 14.5. The van der Waals surface area contributed by atoms with Gasteiger partial charge in [-0.15, -0.1) is 0 Å². The number of nitrogens with zero attached hydrogens (tertiary/aromatic N) is 3. The number of esters is 1. The van der Waals surface area contributed by atoms with E-state index in [9.17, 15) is 27.6 Å². The molecule has 0 radical (unpaired) electrons. The Hall–Kier alpha value is -3.12. The maximum absolute atomic E-state index is 14.3. The number of hydrogen-bond acceptors (Lipinski definition) is 5. The van der Waals surface area contributed by atoms with Gasteiger partial charge < -0.3 is 14.5 Å². The van der Waals surface area contributed by atoms with E-state index in [1.165, 1.54) is 19.1 Å². The number of nitriles is 1. The summed E-state index contributed by atoms with van der Waals surface area (Å²) in [5.74, 6) is -0.309. The van der Waals surface area contributed by atoms with Gasteiger partial charge >= 0.3 is 12.1 Å². The lowest BCUT2D eigenvalue weighted by Gasteiger charge is -2.46. The van der Waals surface area contributed by atoms with Gasteiger partial charge in [0.05, 0.1) is 17.9 Å². The van der Waals surface area contributed by atoms with Crippen LogP contribution in [0.4, 0.5) is 23.2 Å². The standard InChI is InChI=1S/C32H39F4N3O2/c1-3-5-30(41-23(2)40)18-31(22-37,27-6-4-7-28(33)16-27)26-12-14-38(15-13-26)19-25-20-39(21-25)29-10-8-24(9-11-29)17-32(34,35)36/h4,6-11,16,25-26,30H,3,5,12-15,17-21H2,1-2H3/t30-,31?/m0/s1. The Labute approximate surface area is 240 Å². The van der Waals surface area contributed by atoms with E-state index < -0.39 is 24.1 Å². The van der Waals surface area contributed by atoms with Crippen LogP contribution in [0.15, 0.2) is 48.5 Å². The van der Waals surface area contributed by atoms with Crippen molar-refractivity contribution in [2.45, 2.75) is 70.1 Å². The molecule has 2 heterocycles. The normalized spacial score (nSPS) is 19.2. The van der Waals surface area contributed by atoms with Crippen LogP contribution < -0.4 is 4.90 Å². The molecule has 2 saturated heterocycles. The quantitative estimate of drug-likeness (QED) is 0.222. The minimum absolute atomic E-state index is 0.00596. The van der Waals surface area contributed by atoms with Crippen molar-refractivity contribution in [2.75, 3.05) is 37.6 Å². The van der Waals surface area contributed by atoms with E-state index in [1.807, 2.05) is 13.0 Å². The molecule has 9 heteroatoms. The molecule has 0 N–H and O–H groups in total. The highest BCUT2D eigenvalue weighted by Crippen LogP contribution is 2.43. The monoisotopic (exact) mass is 573 g/mol. The fourth-order valence-corrected chi connectivity index (χ4v) is 6.53. The fourth-order valence-electron chi connectivity index (χ4n) is 6.53. The Morgan fingerprint density at radius 2 is 1.80 bits per heavy atom. The lowest BCUT2D eigenvalue weighted by atomic mass is 9.64. The zero-order valence-electron chi connectivity index (χ0n) is 23.8. The number of rotatable bonds is 11. The molecule has 0 aromatic heterocycles. The van der Waals surface area contributed by atoms with E-state index in [2.05, 4.69) is 15.9 Å². The second-order valence-electron chi connectivity index (χ2n) is 11.6. The van der Waals surface area contributed by atoms with E-state index >= 15 is 0 Å². The molecule has 0 spiro atoms. The molecule has 222 valence electrons. The average Bonchev–Trinajstić information content (AvgIpc) is 2.89. The van der Waals surface area contributed by atoms with Gasteiger partial charge in [-0.05, 0) is 73.7 Å². The van der Waals surface area contributed by atoms with E-state index in [-0.39, 0.29) is 23.3 Å². The Morgan fingerprint density at radius 1 is 1.12 bits per heavy atom. The molecule has 5 nitrogen and oxygen atoms in total. The van der Waals surface area contributed by atoms with Crippen LogP contribution in [0.5, 0.6) is 0 Å². The summed E-state index contributed by atoms with van der Waals surface area (Å²) in [6.07, 6.45) is -2.20. The number of halogens is 4. The molecular weight excluding hydrogens is 534 g/mol. The zero-order chi connectivity index (χ0) is 29.6. The highest BCUT2D eigenvalue weighted by Gasteiger charge is 2.45. The van der Waals surface area contributed by atoms with Crippen LogP contribution in [0.25, 0.3) is 0 Å². The van der Waals surface area contributed by atoms with Crippen LogP contribution in [0, 0.1) is 29.0 Å². The van der Waals surface area contributed by atoms with E-state index in [4.69, 9.17) is 4.74 Å². The summed E-state index contributed by atoms with van der Waals surface area (Å²) in [4.78, 5) is 16.4. The van der Waals surface area contributed by atoms with Gasteiger partial charge in [0.1, 0.15) is 11.9 Å². The minimum atomic E-state index is -4.21. The maximum atomic E-state index is 14.3. The van der Waals surface area contributed by atoms with E-state index in [1.54, 1.807) is 30.3 Å². The van der Waals surface area contributed by atoms with Gasteiger partial charge in [0, 0.05) is 44.6 Å². The van der Waals surface area contributed by atoms with Crippen LogP contribution in [-0.4, -0.2) is 55.9 Å². The zero-order valence-corrected chi connectivity index (χ0v) is 23.8. The molecule has 2 aliphatic heterocycles. The predicted octanol–water partition coefficient (Wildman–Crippen LogP) is 6.66. The molecule has 0 amide bonds. The number of piperidine rings is 1. The molecule has 0 bridgehead atoms. The van der Waals surface area contributed by atoms with Gasteiger partial charge in [0.2, 0.25) is 0 Å². The molecule has 0 aliphatic carbocycles. The van der Waals surface area contributed by atoms with Crippen molar-refractivity contribution < 1.29 is 27.1 Å². The molecule has 2 aliphatic rings. The average molecular weight is 574 g/mol. The van der Waals surface area contributed by atoms with Gasteiger partial charge in [-0.2, -0.15) is 18.4 Å². The van der Waals surface area contributed by atoms with Crippen LogP contribution in [0.2, 0.25) is 0 Å². The largest absolute Gasteiger partial charge is 0.462 e. The van der Waals surface area contributed by atoms with Gasteiger partial charge in [-0.1, -0.05) is 37.6 Å². The van der Waals surface area contributed by atoms with E-state index in [0.717, 1.165) is 57.7 Å². The Kier molecular flexibility index (Phi) is 9.96. The number of benzene rings is 2. The molecule has 2 aromatic rings. The van der Waals surface area contributed by atoms with Crippen molar-refractivity contribution in [1.82, 2.24) is 4.90 Å². The first-order valence-electron chi connectivity index (χ1n) is 14.5. The van der Waals surface area contributed by atoms with Crippen LogP contribution in [0.3, 0.4) is 0 Å². The number of carbonyl (C=O) groups is 1. The fraction of sp³-hybridized carbons (Fsp3) is 0.562. The highest BCUT2D eigenvalue weighted by molar-refractivity contribution is 5.66. The molecule has 1 unspecified atom stereocenters. The summed E-state index contributed by atoms with van der Waals surface area (Å²) < 4.78 is 57.8. The highest BCUT2D eigenvalue weighted by atomic mass is 19.4. The van der Waals surface area contributed by atoms with Gasteiger partial charge in [-0.3, -0.25) is 4.79 Å². The SMILES string of the molecule is CCC[C@@H](CC(C#N)(c1cccc(F)c1)C1CCN(CC2CN(c3ccc(CC(F)(F)F)cc3)C2)CC1)OC(C)=O. The third-order valence-electron chi connectivity index (χ3n) is 8.50. The lowest BCUT2D eigenvalue weighted by Crippen LogP contribution is -2.53.